The molecular weight excluding hydrogens is 648 g/mol. The zero-order valence-electron chi connectivity index (χ0n) is 34.1. The van der Waals surface area contributed by atoms with Gasteiger partial charge in [0.1, 0.15) is 5.75 Å². The van der Waals surface area contributed by atoms with E-state index in [1.807, 2.05) is 7.11 Å². The van der Waals surface area contributed by atoms with Crippen molar-refractivity contribution in [2.24, 2.45) is 35.5 Å². The molecule has 278 valence electrons. The fraction of sp³-hybridized carbons (Fsp3) is 0.640. The third-order valence-corrected chi connectivity index (χ3v) is 19.6. The highest BCUT2D eigenvalue weighted by atomic mass is 31.1. The van der Waals surface area contributed by atoms with Crippen molar-refractivity contribution in [3.8, 4) is 28.0 Å². The second kappa shape index (κ2) is 13.0. The van der Waals surface area contributed by atoms with Crippen molar-refractivity contribution in [3.63, 3.8) is 0 Å². The van der Waals surface area contributed by atoms with Crippen LogP contribution in [0.2, 0.25) is 0 Å². The lowest BCUT2D eigenvalue weighted by Crippen LogP contribution is -2.58. The molecule has 8 saturated carbocycles. The van der Waals surface area contributed by atoms with Crippen molar-refractivity contribution in [1.82, 2.24) is 0 Å². The molecule has 0 amide bonds. The maximum Gasteiger partial charge on any atom is 0.127 e. The molecule has 0 unspecified atom stereocenters. The number of aryl methyl sites for hydroxylation is 2. The molecule has 0 atom stereocenters. The van der Waals surface area contributed by atoms with Crippen molar-refractivity contribution in [3.05, 3.63) is 70.3 Å². The second-order valence-electron chi connectivity index (χ2n) is 20.5. The number of methoxy groups -OCH3 is 1. The second-order valence-corrected chi connectivity index (χ2v) is 23.5. The van der Waals surface area contributed by atoms with E-state index in [1.54, 1.807) is 27.6 Å². The lowest BCUT2D eigenvalue weighted by atomic mass is 9.55. The van der Waals surface area contributed by atoms with Crippen LogP contribution < -0.4 is 10.0 Å². The maximum atomic E-state index is 6.70. The summed E-state index contributed by atoms with van der Waals surface area (Å²) in [6.45, 7) is 19.5. The summed E-state index contributed by atoms with van der Waals surface area (Å²) in [4.78, 5) is 0. The van der Waals surface area contributed by atoms with Crippen molar-refractivity contribution >= 4 is 13.2 Å². The molecule has 0 spiro atoms. The molecule has 8 aliphatic carbocycles. The van der Waals surface area contributed by atoms with E-state index in [-0.39, 0.29) is 0 Å². The molecule has 0 aromatic heterocycles. The lowest BCUT2D eigenvalue weighted by Gasteiger charge is -2.68. The van der Waals surface area contributed by atoms with Gasteiger partial charge in [-0.15, -0.1) is 0 Å². The van der Waals surface area contributed by atoms with Gasteiger partial charge in [0, 0.05) is 5.56 Å². The number of hydrogen-bond acceptors (Lipinski definition) is 1. The van der Waals surface area contributed by atoms with Crippen LogP contribution in [-0.4, -0.2) is 17.4 Å². The first-order valence-corrected chi connectivity index (χ1v) is 23.0. The largest absolute Gasteiger partial charge is 0.496 e. The molecule has 0 heterocycles. The smallest absolute Gasteiger partial charge is 0.127 e. The third kappa shape index (κ3) is 5.62. The first-order valence-electron chi connectivity index (χ1n) is 21.6. The Hall–Kier alpha value is -2.11. The van der Waals surface area contributed by atoms with E-state index in [0.717, 1.165) is 41.3 Å². The molecule has 0 N–H and O–H groups in total. The summed E-state index contributed by atoms with van der Waals surface area (Å²) in [7, 11) is 1.55. The highest BCUT2D eigenvalue weighted by Gasteiger charge is 2.63. The zero-order valence-corrected chi connectivity index (χ0v) is 35.0. The molecule has 8 fully saturated rings. The minimum absolute atomic E-state index is 0.380. The predicted octanol–water partition coefficient (Wildman–Crippen LogP) is 14.1. The highest BCUT2D eigenvalue weighted by molar-refractivity contribution is 7.69. The molecule has 3 aromatic carbocycles. The van der Waals surface area contributed by atoms with Crippen LogP contribution >= 0.6 is 7.92 Å². The summed E-state index contributed by atoms with van der Waals surface area (Å²) in [6.07, 6.45) is 18.2. The summed E-state index contributed by atoms with van der Waals surface area (Å²) < 4.78 is 6.70. The third-order valence-electron chi connectivity index (χ3n) is 15.6. The van der Waals surface area contributed by atoms with Crippen LogP contribution in [0.3, 0.4) is 0 Å². The molecule has 3 aromatic rings. The molecule has 0 radical (unpaired) electrons. The zero-order chi connectivity index (χ0) is 36.3. The van der Waals surface area contributed by atoms with Gasteiger partial charge in [0.15, 0.2) is 0 Å². The number of hydrogen-bond donors (Lipinski definition) is 0. The van der Waals surface area contributed by atoms with Gasteiger partial charge in [0.05, 0.1) is 7.11 Å². The van der Waals surface area contributed by atoms with Crippen molar-refractivity contribution in [2.75, 3.05) is 7.11 Å². The quantitative estimate of drug-likeness (QED) is 0.201. The molecule has 11 rings (SSSR count). The van der Waals surface area contributed by atoms with Gasteiger partial charge in [-0.05, 0) is 205 Å². The Balaban J connectivity index is 1.38. The van der Waals surface area contributed by atoms with E-state index in [9.17, 15) is 0 Å². The standard InChI is InChI=1S/C50H67OP/c1-29(2)41-22-42(30(3)4)46(44(31(5)6)45(41)40-13-10-32(7)11-14-40)47-43(51-9)15-12-33(8)48(47)52(49-23-34-16-35(24-49)18-36(17-34)25-49)50-26-37-19-38(27-50)21-39(20-37)28-50/h10-15,22,29-31,34-39H,16-21,23-28H2,1-9H3. The first-order chi connectivity index (χ1) is 24.9. The molecule has 8 bridgehead atoms. The molecular formula is C50H67OP. The summed E-state index contributed by atoms with van der Waals surface area (Å²) >= 11 is 0. The Bertz CT molecular complexity index is 1730. The normalized spacial score (nSPS) is 33.5. The monoisotopic (exact) mass is 714 g/mol. The maximum absolute atomic E-state index is 6.70. The van der Waals surface area contributed by atoms with E-state index in [0.29, 0.717) is 28.1 Å². The van der Waals surface area contributed by atoms with Crippen LogP contribution in [0.25, 0.3) is 22.3 Å². The number of benzene rings is 3. The average Bonchev–Trinajstić information content (AvgIpc) is 3.07. The average molecular weight is 715 g/mol. The van der Waals surface area contributed by atoms with Gasteiger partial charge < -0.3 is 4.74 Å². The minimum Gasteiger partial charge on any atom is -0.496 e. The van der Waals surface area contributed by atoms with Crippen LogP contribution in [-0.2, 0) is 0 Å². The minimum atomic E-state index is -0.423. The van der Waals surface area contributed by atoms with Crippen molar-refractivity contribution in [1.29, 1.82) is 0 Å². The summed E-state index contributed by atoms with van der Waals surface area (Å²) in [5, 5.41) is 2.79. The number of rotatable bonds is 9. The molecule has 2 heteroatoms. The SMILES string of the molecule is COc1ccc(C)c(P(C23CC4CC(CC(C4)C2)C3)C23CC4CC(CC(C4)C2)C3)c1-c1c(C(C)C)cc(C(C)C)c(-c2ccc(C)cc2)c1C(C)C. The van der Waals surface area contributed by atoms with E-state index in [4.69, 9.17) is 4.74 Å². The van der Waals surface area contributed by atoms with E-state index in [1.165, 1.54) is 105 Å². The highest BCUT2D eigenvalue weighted by Crippen LogP contribution is 2.79. The van der Waals surface area contributed by atoms with Crippen molar-refractivity contribution in [2.45, 2.75) is 161 Å². The van der Waals surface area contributed by atoms with Crippen LogP contribution in [0.4, 0.5) is 0 Å². The summed E-state index contributed by atoms with van der Waals surface area (Å²) in [6, 6.07) is 17.0. The van der Waals surface area contributed by atoms with Crippen LogP contribution in [0.1, 0.15) is 164 Å². The first kappa shape index (κ1) is 35.6. The Kier molecular flexibility index (Phi) is 8.89. The number of ether oxygens (including phenoxy) is 1. The Labute approximate surface area is 318 Å². The van der Waals surface area contributed by atoms with Crippen LogP contribution in [0, 0.1) is 49.4 Å². The summed E-state index contributed by atoms with van der Waals surface area (Å²) in [5.74, 6) is 8.18. The van der Waals surface area contributed by atoms with E-state index in [2.05, 4.69) is 97.9 Å². The van der Waals surface area contributed by atoms with E-state index < -0.39 is 7.92 Å². The van der Waals surface area contributed by atoms with Crippen LogP contribution in [0.15, 0.2) is 42.5 Å². The molecule has 52 heavy (non-hydrogen) atoms. The fourth-order valence-corrected chi connectivity index (χ4v) is 20.1. The fourth-order valence-electron chi connectivity index (χ4n) is 14.6. The van der Waals surface area contributed by atoms with Gasteiger partial charge in [-0.2, -0.15) is 0 Å². The molecule has 8 aliphatic rings. The molecule has 0 aliphatic heterocycles. The van der Waals surface area contributed by atoms with Gasteiger partial charge in [0.25, 0.3) is 0 Å². The lowest BCUT2D eigenvalue weighted by molar-refractivity contribution is 0.0195. The molecule has 1 nitrogen and oxygen atoms in total. The Morgan fingerprint density at radius 3 is 1.40 bits per heavy atom. The predicted molar refractivity (Wildman–Crippen MR) is 224 cm³/mol. The molecule has 0 saturated heterocycles. The van der Waals surface area contributed by atoms with Gasteiger partial charge >= 0.3 is 0 Å². The Morgan fingerprint density at radius 1 is 0.558 bits per heavy atom. The van der Waals surface area contributed by atoms with Gasteiger partial charge in [0.2, 0.25) is 0 Å². The topological polar surface area (TPSA) is 9.23 Å². The van der Waals surface area contributed by atoms with Crippen LogP contribution in [0.5, 0.6) is 5.75 Å². The van der Waals surface area contributed by atoms with Gasteiger partial charge in [-0.25, -0.2) is 0 Å². The Morgan fingerprint density at radius 2 is 1.00 bits per heavy atom. The van der Waals surface area contributed by atoms with E-state index >= 15 is 0 Å². The van der Waals surface area contributed by atoms with Gasteiger partial charge in [-0.1, -0.05) is 91.4 Å². The van der Waals surface area contributed by atoms with Crippen molar-refractivity contribution < 1.29 is 4.74 Å². The van der Waals surface area contributed by atoms with Gasteiger partial charge in [-0.3, -0.25) is 0 Å². The summed E-state index contributed by atoms with van der Waals surface area (Å²) in [5.41, 5.74) is 13.5.